The Bertz CT molecular complexity index is 521. The van der Waals surface area contributed by atoms with Gasteiger partial charge in [-0.1, -0.05) is 18.2 Å². The zero-order valence-corrected chi connectivity index (χ0v) is 9.68. The summed E-state index contributed by atoms with van der Waals surface area (Å²) in [6.45, 7) is 0. The fourth-order valence-electron chi connectivity index (χ4n) is 1.73. The molecule has 0 spiro atoms. The molecule has 0 saturated heterocycles. The molecule has 94 valence electrons. The van der Waals surface area contributed by atoms with Crippen LogP contribution in [-0.2, 0) is 19.1 Å². The molecule has 1 atom stereocenters. The van der Waals surface area contributed by atoms with Gasteiger partial charge in [-0.2, -0.15) is 0 Å². The van der Waals surface area contributed by atoms with E-state index in [1.54, 1.807) is 18.2 Å². The summed E-state index contributed by atoms with van der Waals surface area (Å²) in [6.07, 6.45) is 0.253. The normalized spacial score (nSPS) is 18.9. The lowest BCUT2D eigenvalue weighted by Gasteiger charge is -2.21. The van der Waals surface area contributed by atoms with Crippen LogP contribution in [0.3, 0.4) is 0 Å². The molecule has 0 amide bonds. The second kappa shape index (κ2) is 5.00. The molecule has 0 fully saturated rings. The van der Waals surface area contributed by atoms with Crippen molar-refractivity contribution in [2.45, 2.75) is 12.5 Å². The molecule has 18 heavy (non-hydrogen) atoms. The first-order chi connectivity index (χ1) is 8.63. The first-order valence-corrected chi connectivity index (χ1v) is 5.35. The molecule has 0 radical (unpaired) electrons. The van der Waals surface area contributed by atoms with Crippen LogP contribution in [0.1, 0.15) is 18.1 Å². The predicted molar refractivity (Wildman–Crippen MR) is 59.9 cm³/mol. The highest BCUT2D eigenvalue weighted by Crippen LogP contribution is 2.29. The maximum atomic E-state index is 13.5. The van der Waals surface area contributed by atoms with E-state index in [1.165, 1.54) is 13.2 Å². The number of Topliss-reactive ketones (excluding diaryl/α,β-unsaturated/α-hetero) is 1. The molecule has 0 aliphatic carbocycles. The van der Waals surface area contributed by atoms with Gasteiger partial charge in [-0.05, 0) is 6.07 Å². The standard InChI is InChI=1S/C13H11FO4/c1-17-13(16)9-7-18-12(6-11(9)15)8-4-2-3-5-10(8)14/h2-5,7,12H,6H2,1H3. The lowest BCUT2D eigenvalue weighted by molar-refractivity contribution is -0.139. The van der Waals surface area contributed by atoms with Gasteiger partial charge in [-0.25, -0.2) is 9.18 Å². The van der Waals surface area contributed by atoms with Crippen LogP contribution in [0.2, 0.25) is 0 Å². The first-order valence-electron chi connectivity index (χ1n) is 5.35. The number of rotatable bonds is 2. The Morgan fingerprint density at radius 2 is 2.17 bits per heavy atom. The minimum absolute atomic E-state index is 0.0815. The van der Waals surface area contributed by atoms with E-state index in [2.05, 4.69) is 4.74 Å². The summed E-state index contributed by atoms with van der Waals surface area (Å²) in [5.74, 6) is -1.60. The van der Waals surface area contributed by atoms with E-state index in [4.69, 9.17) is 4.74 Å². The van der Waals surface area contributed by atoms with Crippen LogP contribution in [-0.4, -0.2) is 18.9 Å². The molecule has 0 bridgehead atoms. The van der Waals surface area contributed by atoms with Crippen molar-refractivity contribution in [2.24, 2.45) is 0 Å². The Morgan fingerprint density at radius 3 is 2.78 bits per heavy atom. The number of hydrogen-bond acceptors (Lipinski definition) is 4. The number of hydrogen-bond donors (Lipinski definition) is 0. The number of benzene rings is 1. The number of carbonyl (C=O) groups excluding carboxylic acids is 2. The molecule has 1 aliphatic heterocycles. The van der Waals surface area contributed by atoms with Crippen LogP contribution in [0.15, 0.2) is 36.1 Å². The Balaban J connectivity index is 2.23. The van der Waals surface area contributed by atoms with Gasteiger partial charge >= 0.3 is 5.97 Å². The molecule has 0 N–H and O–H groups in total. The second-order valence-corrected chi connectivity index (χ2v) is 3.80. The quantitative estimate of drug-likeness (QED) is 0.594. The van der Waals surface area contributed by atoms with E-state index in [-0.39, 0.29) is 12.0 Å². The summed E-state index contributed by atoms with van der Waals surface area (Å²) < 4.78 is 23.2. The van der Waals surface area contributed by atoms with Gasteiger partial charge in [0.2, 0.25) is 0 Å². The maximum absolute atomic E-state index is 13.5. The summed E-state index contributed by atoms with van der Waals surface area (Å²) >= 11 is 0. The van der Waals surface area contributed by atoms with Crippen LogP contribution in [0.4, 0.5) is 4.39 Å². The maximum Gasteiger partial charge on any atom is 0.344 e. The van der Waals surface area contributed by atoms with Crippen LogP contribution < -0.4 is 0 Å². The highest BCUT2D eigenvalue weighted by atomic mass is 19.1. The summed E-state index contributed by atoms with van der Waals surface area (Å²) in [4.78, 5) is 22.9. The van der Waals surface area contributed by atoms with Gasteiger partial charge in [0.05, 0.1) is 13.5 Å². The third kappa shape index (κ3) is 2.25. The Hall–Kier alpha value is -2.17. The van der Waals surface area contributed by atoms with Gasteiger partial charge in [0.25, 0.3) is 0 Å². The van der Waals surface area contributed by atoms with E-state index in [0.29, 0.717) is 5.56 Å². The summed E-state index contributed by atoms with van der Waals surface area (Å²) in [6, 6.07) is 6.05. The van der Waals surface area contributed by atoms with Crippen molar-refractivity contribution in [2.75, 3.05) is 7.11 Å². The van der Waals surface area contributed by atoms with E-state index in [0.717, 1.165) is 6.26 Å². The van der Waals surface area contributed by atoms with Gasteiger partial charge < -0.3 is 9.47 Å². The van der Waals surface area contributed by atoms with Crippen LogP contribution in [0.5, 0.6) is 0 Å². The van der Waals surface area contributed by atoms with Crippen molar-refractivity contribution in [3.8, 4) is 0 Å². The first kappa shape index (κ1) is 12.3. The molecule has 1 unspecified atom stereocenters. The molecular formula is C13H11FO4. The number of ether oxygens (including phenoxy) is 2. The molecule has 1 aromatic rings. The van der Waals surface area contributed by atoms with E-state index < -0.39 is 23.7 Å². The average Bonchev–Trinajstić information content (AvgIpc) is 2.38. The predicted octanol–water partition coefficient (Wildman–Crippen LogP) is 1.91. The minimum Gasteiger partial charge on any atom is -0.492 e. The Labute approximate surface area is 103 Å². The number of halogens is 1. The molecule has 1 aliphatic rings. The van der Waals surface area contributed by atoms with Crippen LogP contribution in [0, 0.1) is 5.82 Å². The largest absolute Gasteiger partial charge is 0.492 e. The third-order valence-electron chi connectivity index (χ3n) is 2.68. The lowest BCUT2D eigenvalue weighted by Crippen LogP contribution is -2.22. The lowest BCUT2D eigenvalue weighted by atomic mass is 9.98. The van der Waals surface area contributed by atoms with E-state index in [9.17, 15) is 14.0 Å². The van der Waals surface area contributed by atoms with Crippen molar-refractivity contribution in [3.63, 3.8) is 0 Å². The van der Waals surface area contributed by atoms with Crippen molar-refractivity contribution < 1.29 is 23.5 Å². The molecule has 5 heteroatoms. The summed E-state index contributed by atoms with van der Waals surface area (Å²) in [7, 11) is 1.18. The van der Waals surface area contributed by atoms with Crippen molar-refractivity contribution in [1.82, 2.24) is 0 Å². The van der Waals surface area contributed by atoms with Crippen molar-refractivity contribution in [1.29, 1.82) is 0 Å². The van der Waals surface area contributed by atoms with Crippen LogP contribution in [0.25, 0.3) is 0 Å². The minimum atomic E-state index is -0.744. The number of carbonyl (C=O) groups is 2. The van der Waals surface area contributed by atoms with Crippen molar-refractivity contribution >= 4 is 11.8 Å². The van der Waals surface area contributed by atoms with Crippen LogP contribution >= 0.6 is 0 Å². The van der Waals surface area contributed by atoms with Gasteiger partial charge in [-0.15, -0.1) is 0 Å². The zero-order chi connectivity index (χ0) is 13.1. The third-order valence-corrected chi connectivity index (χ3v) is 2.68. The van der Waals surface area contributed by atoms with Gasteiger partial charge in [0.15, 0.2) is 5.78 Å². The monoisotopic (exact) mass is 250 g/mol. The van der Waals surface area contributed by atoms with Gasteiger partial charge in [-0.3, -0.25) is 4.79 Å². The molecule has 0 saturated carbocycles. The zero-order valence-electron chi connectivity index (χ0n) is 9.68. The molecule has 1 heterocycles. The Morgan fingerprint density at radius 1 is 1.44 bits per heavy atom. The van der Waals surface area contributed by atoms with E-state index >= 15 is 0 Å². The SMILES string of the molecule is COC(=O)C1=COC(c2ccccc2F)CC1=O. The molecule has 0 aromatic heterocycles. The smallest absolute Gasteiger partial charge is 0.344 e. The number of methoxy groups -OCH3 is 1. The summed E-state index contributed by atoms with van der Waals surface area (Å²) in [5.41, 5.74) is 0.149. The topological polar surface area (TPSA) is 52.6 Å². The van der Waals surface area contributed by atoms with Gasteiger partial charge in [0.1, 0.15) is 23.8 Å². The average molecular weight is 250 g/mol. The second-order valence-electron chi connectivity index (χ2n) is 3.80. The molecule has 1 aromatic carbocycles. The fourth-order valence-corrected chi connectivity index (χ4v) is 1.73. The Kier molecular flexibility index (Phi) is 3.41. The number of ketones is 1. The highest BCUT2D eigenvalue weighted by molar-refractivity contribution is 6.17. The van der Waals surface area contributed by atoms with Crippen molar-refractivity contribution in [3.05, 3.63) is 47.5 Å². The molecule has 4 nitrogen and oxygen atoms in total. The molecular weight excluding hydrogens is 239 g/mol. The summed E-state index contributed by atoms with van der Waals surface area (Å²) in [5, 5.41) is 0. The molecule has 2 rings (SSSR count). The van der Waals surface area contributed by atoms with Gasteiger partial charge in [0, 0.05) is 5.56 Å². The fraction of sp³-hybridized carbons (Fsp3) is 0.231. The number of esters is 1. The highest BCUT2D eigenvalue weighted by Gasteiger charge is 2.30. The van der Waals surface area contributed by atoms with E-state index in [1.807, 2.05) is 0 Å².